The van der Waals surface area contributed by atoms with Gasteiger partial charge in [-0.15, -0.1) is 0 Å². The molecule has 0 atom stereocenters. The molecular weight excluding hydrogens is 453 g/mol. The first-order valence-corrected chi connectivity index (χ1v) is 12.5. The van der Waals surface area contributed by atoms with Crippen LogP contribution in [0.2, 0.25) is 0 Å². The highest BCUT2D eigenvalue weighted by molar-refractivity contribution is 6.00. The van der Waals surface area contributed by atoms with Crippen molar-refractivity contribution in [3.05, 3.63) is 89.5 Å². The lowest BCUT2D eigenvalue weighted by Crippen LogP contribution is -2.44. The number of halogens is 1. The minimum atomic E-state index is -0.407. The molecular formula is C29H32FN5O. The Kier molecular flexibility index (Phi) is 8.29. The number of aromatic nitrogens is 1. The van der Waals surface area contributed by atoms with Crippen molar-refractivity contribution in [2.75, 3.05) is 31.1 Å². The van der Waals surface area contributed by atoms with Crippen LogP contribution in [0.15, 0.2) is 66.9 Å². The molecule has 6 nitrogen and oxygen atoms in total. The number of anilines is 2. The predicted octanol–water partition coefficient (Wildman–Crippen LogP) is 5.38. The average Bonchev–Trinajstić information content (AvgIpc) is 2.92. The van der Waals surface area contributed by atoms with Crippen molar-refractivity contribution in [1.29, 1.82) is 5.26 Å². The van der Waals surface area contributed by atoms with Gasteiger partial charge in [0.15, 0.2) is 0 Å². The fourth-order valence-corrected chi connectivity index (χ4v) is 4.89. The molecule has 0 aliphatic carbocycles. The number of hydrogen-bond donors (Lipinski definition) is 0. The molecule has 0 saturated carbocycles. The molecule has 0 bridgehead atoms. The van der Waals surface area contributed by atoms with E-state index in [1.54, 1.807) is 17.2 Å². The Labute approximate surface area is 212 Å². The average molecular weight is 486 g/mol. The largest absolute Gasteiger partial charge is 0.339 e. The Morgan fingerprint density at radius 1 is 1.06 bits per heavy atom. The van der Waals surface area contributed by atoms with Crippen LogP contribution in [-0.2, 0) is 6.54 Å². The van der Waals surface area contributed by atoms with Crippen molar-refractivity contribution in [3.63, 3.8) is 0 Å². The molecule has 186 valence electrons. The molecule has 1 aliphatic rings. The molecule has 1 saturated heterocycles. The van der Waals surface area contributed by atoms with Gasteiger partial charge in [0.1, 0.15) is 5.82 Å². The van der Waals surface area contributed by atoms with Crippen LogP contribution in [0.4, 0.5) is 15.8 Å². The third kappa shape index (κ3) is 5.55. The summed E-state index contributed by atoms with van der Waals surface area (Å²) < 4.78 is 15.3. The topological polar surface area (TPSA) is 63.5 Å². The Balaban J connectivity index is 1.69. The highest BCUT2D eigenvalue weighted by Gasteiger charge is 2.31. The first kappa shape index (κ1) is 25.3. The number of amides is 1. The molecule has 7 heteroatoms. The maximum absolute atomic E-state index is 15.3. The zero-order valence-electron chi connectivity index (χ0n) is 20.9. The molecule has 1 fully saturated rings. The zero-order chi connectivity index (χ0) is 25.5. The summed E-state index contributed by atoms with van der Waals surface area (Å²) in [7, 11) is 0. The lowest BCUT2D eigenvalue weighted by atomic mass is 9.98. The van der Waals surface area contributed by atoms with Gasteiger partial charge in [-0.1, -0.05) is 18.2 Å². The van der Waals surface area contributed by atoms with E-state index in [-0.39, 0.29) is 11.9 Å². The van der Waals surface area contributed by atoms with Crippen LogP contribution in [0.5, 0.6) is 0 Å². The lowest BCUT2D eigenvalue weighted by Gasteiger charge is -2.40. The Morgan fingerprint density at radius 2 is 1.78 bits per heavy atom. The van der Waals surface area contributed by atoms with Gasteiger partial charge < -0.3 is 9.80 Å². The number of benzene rings is 2. The van der Waals surface area contributed by atoms with Crippen molar-refractivity contribution in [2.45, 2.75) is 39.3 Å². The van der Waals surface area contributed by atoms with E-state index in [0.717, 1.165) is 38.2 Å². The standard InChI is InChI=1S/C29H32FN5O/c1-3-34(4-2)29(36)25-10-5-6-11-27(25)35(28-19-22(20-31)12-13-26(28)30)24-14-17-33(18-15-24)21-23-9-7-8-16-32-23/h5-13,16,19,24H,3-4,14-15,17-18,21H2,1-2H3. The van der Waals surface area contributed by atoms with Gasteiger partial charge >= 0.3 is 0 Å². The molecule has 1 aromatic heterocycles. The summed E-state index contributed by atoms with van der Waals surface area (Å²) in [6.07, 6.45) is 3.38. The van der Waals surface area contributed by atoms with Crippen molar-refractivity contribution in [3.8, 4) is 6.07 Å². The maximum Gasteiger partial charge on any atom is 0.255 e. The predicted molar refractivity (Wildman–Crippen MR) is 139 cm³/mol. The number of rotatable bonds is 8. The number of nitriles is 1. The number of carbonyl (C=O) groups excluding carboxylic acids is 1. The van der Waals surface area contributed by atoms with Gasteiger partial charge in [0.05, 0.1) is 34.3 Å². The van der Waals surface area contributed by atoms with E-state index in [1.165, 1.54) is 12.1 Å². The SMILES string of the molecule is CCN(CC)C(=O)c1ccccc1N(c1cc(C#N)ccc1F)C1CCN(Cc2ccccn2)CC1. The Bertz CT molecular complexity index is 1210. The fraction of sp³-hybridized carbons (Fsp3) is 0.345. The van der Waals surface area contributed by atoms with Gasteiger partial charge in [-0.2, -0.15) is 5.26 Å². The number of carbonyl (C=O) groups is 1. The number of likely N-dealkylation sites (tertiary alicyclic amines) is 1. The molecule has 1 amide bonds. The van der Waals surface area contributed by atoms with Crippen molar-refractivity contribution < 1.29 is 9.18 Å². The Hall–Kier alpha value is -3.76. The second kappa shape index (κ2) is 11.8. The van der Waals surface area contributed by atoms with Crippen LogP contribution in [0.1, 0.15) is 48.3 Å². The van der Waals surface area contributed by atoms with Gasteiger partial charge in [-0.05, 0) is 69.2 Å². The smallest absolute Gasteiger partial charge is 0.255 e. The number of hydrogen-bond acceptors (Lipinski definition) is 5. The van der Waals surface area contributed by atoms with Crippen LogP contribution in [0.3, 0.4) is 0 Å². The van der Waals surface area contributed by atoms with Crippen LogP contribution in [0.25, 0.3) is 0 Å². The number of piperidine rings is 1. The van der Waals surface area contributed by atoms with Crippen molar-refractivity contribution in [1.82, 2.24) is 14.8 Å². The summed E-state index contributed by atoms with van der Waals surface area (Å²) in [5, 5.41) is 9.51. The summed E-state index contributed by atoms with van der Waals surface area (Å²) in [5.41, 5.74) is 2.95. The van der Waals surface area contributed by atoms with Crippen LogP contribution in [0, 0.1) is 17.1 Å². The van der Waals surface area contributed by atoms with E-state index in [1.807, 2.05) is 61.2 Å². The zero-order valence-corrected chi connectivity index (χ0v) is 20.9. The van der Waals surface area contributed by atoms with E-state index >= 15 is 4.39 Å². The summed E-state index contributed by atoms with van der Waals surface area (Å²) in [5.74, 6) is -0.486. The van der Waals surface area contributed by atoms with E-state index < -0.39 is 5.82 Å². The summed E-state index contributed by atoms with van der Waals surface area (Å²) in [4.78, 5) is 24.0. The third-order valence-electron chi connectivity index (χ3n) is 6.81. The van der Waals surface area contributed by atoms with Gasteiger partial charge in [0.2, 0.25) is 0 Å². The monoisotopic (exact) mass is 485 g/mol. The van der Waals surface area contributed by atoms with Gasteiger partial charge in [0, 0.05) is 45.0 Å². The molecule has 0 spiro atoms. The second-order valence-corrected chi connectivity index (χ2v) is 8.97. The molecule has 0 radical (unpaired) electrons. The normalized spacial score (nSPS) is 14.3. The van der Waals surface area contributed by atoms with Crippen molar-refractivity contribution in [2.24, 2.45) is 0 Å². The molecule has 3 aromatic rings. The summed E-state index contributed by atoms with van der Waals surface area (Å²) >= 11 is 0. The van der Waals surface area contributed by atoms with Gasteiger partial charge in [-0.25, -0.2) is 4.39 Å². The lowest BCUT2D eigenvalue weighted by molar-refractivity contribution is 0.0773. The molecule has 36 heavy (non-hydrogen) atoms. The van der Waals surface area contributed by atoms with E-state index in [4.69, 9.17) is 0 Å². The quantitative estimate of drug-likeness (QED) is 0.429. The highest BCUT2D eigenvalue weighted by Crippen LogP contribution is 2.37. The minimum absolute atomic E-state index is 0.0286. The van der Waals surface area contributed by atoms with E-state index in [0.29, 0.717) is 35.6 Å². The molecule has 4 rings (SSSR count). The molecule has 2 aromatic carbocycles. The third-order valence-corrected chi connectivity index (χ3v) is 6.81. The maximum atomic E-state index is 15.3. The number of nitrogens with zero attached hydrogens (tertiary/aromatic N) is 5. The highest BCUT2D eigenvalue weighted by atomic mass is 19.1. The first-order valence-electron chi connectivity index (χ1n) is 12.5. The fourth-order valence-electron chi connectivity index (χ4n) is 4.89. The van der Waals surface area contributed by atoms with E-state index in [9.17, 15) is 10.1 Å². The van der Waals surface area contributed by atoms with Crippen LogP contribution >= 0.6 is 0 Å². The van der Waals surface area contributed by atoms with Crippen molar-refractivity contribution >= 4 is 17.3 Å². The van der Waals surface area contributed by atoms with Gasteiger partial charge in [0.25, 0.3) is 5.91 Å². The number of pyridine rings is 1. The van der Waals surface area contributed by atoms with E-state index in [2.05, 4.69) is 16.0 Å². The number of para-hydroxylation sites is 1. The summed E-state index contributed by atoms with van der Waals surface area (Å²) in [6, 6.07) is 19.9. The Morgan fingerprint density at radius 3 is 2.44 bits per heavy atom. The molecule has 0 unspecified atom stereocenters. The van der Waals surface area contributed by atoms with Crippen LogP contribution in [-0.4, -0.2) is 52.9 Å². The molecule has 0 N–H and O–H groups in total. The summed E-state index contributed by atoms with van der Waals surface area (Å²) in [6.45, 7) is 7.50. The molecule has 2 heterocycles. The van der Waals surface area contributed by atoms with Gasteiger partial charge in [-0.3, -0.25) is 14.7 Å². The minimum Gasteiger partial charge on any atom is -0.339 e. The molecule has 1 aliphatic heterocycles. The first-order chi connectivity index (χ1) is 17.5. The second-order valence-electron chi connectivity index (χ2n) is 8.97. The van der Waals surface area contributed by atoms with Crippen LogP contribution < -0.4 is 4.90 Å².